The van der Waals surface area contributed by atoms with Gasteiger partial charge in [-0.2, -0.15) is 0 Å². The summed E-state index contributed by atoms with van der Waals surface area (Å²) in [6.45, 7) is 13.1. The van der Waals surface area contributed by atoms with Crippen molar-refractivity contribution in [2.75, 3.05) is 19.8 Å². The molecule has 2 heterocycles. The van der Waals surface area contributed by atoms with E-state index in [1.165, 1.54) is 0 Å². The van der Waals surface area contributed by atoms with Crippen molar-refractivity contribution in [1.29, 1.82) is 0 Å². The number of rotatable bonds is 11. The van der Waals surface area contributed by atoms with E-state index >= 15 is 0 Å². The van der Waals surface area contributed by atoms with Crippen molar-refractivity contribution in [3.05, 3.63) is 18.2 Å². The Hall–Kier alpha value is -2.13. The van der Waals surface area contributed by atoms with Gasteiger partial charge in [-0.25, -0.2) is 9.78 Å². The second-order valence-corrected chi connectivity index (χ2v) is 9.89. The highest BCUT2D eigenvalue weighted by atomic mass is 16.7. The number of nitrogens with one attached hydrogen (secondary N) is 2. The first kappa shape index (κ1) is 27.1. The standard InChI is InChI=1S/C24H41N3O6/c1-16-17(2)20(14-31-23(29)26-11-10-19-13-25-15-27-19)32-22(18(16)3)30-12-8-7-9-21(28)33-24(4,5)6/h13,15-18,20,22H,7-12,14H2,1-6H3,(H,25,27)(H,26,29). The van der Waals surface area contributed by atoms with Crippen molar-refractivity contribution in [1.82, 2.24) is 15.3 Å². The van der Waals surface area contributed by atoms with Gasteiger partial charge in [-0.1, -0.05) is 20.8 Å². The van der Waals surface area contributed by atoms with Gasteiger partial charge in [0.1, 0.15) is 12.2 Å². The molecule has 0 aliphatic carbocycles. The molecular weight excluding hydrogens is 426 g/mol. The number of hydrogen-bond acceptors (Lipinski definition) is 7. The predicted octanol–water partition coefficient (Wildman–Crippen LogP) is 3.84. The Kier molecular flexibility index (Phi) is 10.6. The van der Waals surface area contributed by atoms with Crippen LogP contribution in [0.25, 0.3) is 0 Å². The summed E-state index contributed by atoms with van der Waals surface area (Å²) in [4.78, 5) is 30.8. The van der Waals surface area contributed by atoms with Gasteiger partial charge in [-0.05, 0) is 45.4 Å². The van der Waals surface area contributed by atoms with Crippen LogP contribution in [0.3, 0.4) is 0 Å². The SMILES string of the molecule is CC1C(COC(=O)NCCc2cnc[nH]2)OC(OCCCCC(=O)OC(C)(C)C)C(C)C1C. The Bertz CT molecular complexity index is 718. The van der Waals surface area contributed by atoms with Gasteiger partial charge in [0, 0.05) is 43.8 Å². The number of ether oxygens (including phenoxy) is 4. The monoisotopic (exact) mass is 467 g/mol. The van der Waals surface area contributed by atoms with E-state index in [1.807, 2.05) is 20.8 Å². The van der Waals surface area contributed by atoms with Gasteiger partial charge < -0.3 is 29.2 Å². The lowest BCUT2D eigenvalue weighted by Gasteiger charge is -2.43. The van der Waals surface area contributed by atoms with Crippen LogP contribution in [-0.2, 0) is 30.2 Å². The minimum atomic E-state index is -0.462. The molecule has 1 aromatic heterocycles. The topological polar surface area (TPSA) is 112 Å². The maximum atomic E-state index is 12.1. The van der Waals surface area contributed by atoms with E-state index < -0.39 is 11.7 Å². The number of imidazole rings is 1. The third-order valence-corrected chi connectivity index (χ3v) is 6.06. The molecule has 2 N–H and O–H groups in total. The first-order valence-electron chi connectivity index (χ1n) is 11.9. The molecule has 1 fully saturated rings. The van der Waals surface area contributed by atoms with E-state index in [2.05, 4.69) is 36.1 Å². The van der Waals surface area contributed by atoms with E-state index in [4.69, 9.17) is 18.9 Å². The number of hydrogen-bond donors (Lipinski definition) is 2. The lowest BCUT2D eigenvalue weighted by atomic mass is 9.79. The van der Waals surface area contributed by atoms with Crippen LogP contribution in [0.4, 0.5) is 4.79 Å². The molecule has 1 aromatic rings. The molecule has 9 nitrogen and oxygen atoms in total. The molecule has 1 aliphatic rings. The molecule has 0 radical (unpaired) electrons. The summed E-state index contributed by atoms with van der Waals surface area (Å²) in [5, 5.41) is 2.74. The number of unbranched alkanes of at least 4 members (excludes halogenated alkanes) is 1. The summed E-state index contributed by atoms with van der Waals surface area (Å²) in [5.74, 6) is 0.602. The first-order chi connectivity index (χ1) is 15.6. The minimum Gasteiger partial charge on any atom is -0.460 e. The third kappa shape index (κ3) is 9.71. The summed E-state index contributed by atoms with van der Waals surface area (Å²) < 4.78 is 22.9. The molecule has 5 unspecified atom stereocenters. The average Bonchev–Trinajstić information content (AvgIpc) is 3.24. The largest absolute Gasteiger partial charge is 0.460 e. The molecule has 0 aromatic carbocycles. The number of amides is 1. The number of carbonyl (C=O) groups is 2. The first-order valence-corrected chi connectivity index (χ1v) is 11.9. The number of nitrogens with zero attached hydrogens (tertiary/aromatic N) is 1. The minimum absolute atomic E-state index is 0.173. The summed E-state index contributed by atoms with van der Waals surface area (Å²) >= 11 is 0. The molecule has 9 heteroatoms. The molecule has 0 saturated carbocycles. The van der Waals surface area contributed by atoms with Crippen LogP contribution in [0.15, 0.2) is 12.5 Å². The molecule has 33 heavy (non-hydrogen) atoms. The van der Waals surface area contributed by atoms with Gasteiger partial charge in [-0.3, -0.25) is 4.79 Å². The Morgan fingerprint density at radius 2 is 1.91 bits per heavy atom. The Morgan fingerprint density at radius 3 is 2.58 bits per heavy atom. The van der Waals surface area contributed by atoms with Crippen molar-refractivity contribution in [2.24, 2.45) is 17.8 Å². The number of aromatic nitrogens is 2. The zero-order valence-corrected chi connectivity index (χ0v) is 20.9. The number of esters is 1. The van der Waals surface area contributed by atoms with Gasteiger partial charge in [0.05, 0.1) is 12.4 Å². The lowest BCUT2D eigenvalue weighted by Crippen LogP contribution is -2.48. The quantitative estimate of drug-likeness (QED) is 0.376. The fraction of sp³-hybridized carbons (Fsp3) is 0.792. The molecule has 1 amide bonds. The second kappa shape index (κ2) is 12.9. The van der Waals surface area contributed by atoms with Crippen LogP contribution >= 0.6 is 0 Å². The number of alkyl carbamates (subject to hydrolysis) is 1. The number of aromatic amines is 1. The molecular formula is C24H41N3O6. The smallest absolute Gasteiger partial charge is 0.407 e. The average molecular weight is 468 g/mol. The molecule has 2 rings (SSSR count). The molecule has 0 bridgehead atoms. The van der Waals surface area contributed by atoms with Gasteiger partial charge in [-0.15, -0.1) is 0 Å². The summed E-state index contributed by atoms with van der Waals surface area (Å²) in [6, 6.07) is 0. The Balaban J connectivity index is 1.68. The molecule has 1 aliphatic heterocycles. The summed E-state index contributed by atoms with van der Waals surface area (Å²) in [6.07, 6.45) is 4.75. The fourth-order valence-electron chi connectivity index (χ4n) is 3.76. The number of carbonyl (C=O) groups excluding carboxylic acids is 2. The van der Waals surface area contributed by atoms with Crippen LogP contribution in [0.2, 0.25) is 0 Å². The van der Waals surface area contributed by atoms with Gasteiger partial charge in [0.2, 0.25) is 0 Å². The molecule has 188 valence electrons. The molecule has 0 spiro atoms. The van der Waals surface area contributed by atoms with Crippen LogP contribution in [0.5, 0.6) is 0 Å². The maximum absolute atomic E-state index is 12.1. The van der Waals surface area contributed by atoms with Crippen LogP contribution in [0.1, 0.15) is 66.5 Å². The molecule has 1 saturated heterocycles. The fourth-order valence-corrected chi connectivity index (χ4v) is 3.76. The van der Waals surface area contributed by atoms with Gasteiger partial charge in [0.25, 0.3) is 0 Å². The second-order valence-electron chi connectivity index (χ2n) is 9.89. The highest BCUT2D eigenvalue weighted by Crippen LogP contribution is 2.35. The maximum Gasteiger partial charge on any atom is 0.407 e. The van der Waals surface area contributed by atoms with E-state index in [1.54, 1.807) is 12.5 Å². The normalized spacial score (nSPS) is 25.5. The van der Waals surface area contributed by atoms with E-state index in [0.29, 0.717) is 38.3 Å². The lowest BCUT2D eigenvalue weighted by molar-refractivity contribution is -0.253. The van der Waals surface area contributed by atoms with Crippen molar-refractivity contribution < 1.29 is 28.5 Å². The van der Waals surface area contributed by atoms with Crippen molar-refractivity contribution in [3.8, 4) is 0 Å². The van der Waals surface area contributed by atoms with Gasteiger partial charge >= 0.3 is 12.1 Å². The van der Waals surface area contributed by atoms with E-state index in [9.17, 15) is 9.59 Å². The van der Waals surface area contributed by atoms with Crippen molar-refractivity contribution in [3.63, 3.8) is 0 Å². The highest BCUT2D eigenvalue weighted by Gasteiger charge is 2.40. The third-order valence-electron chi connectivity index (χ3n) is 6.06. The van der Waals surface area contributed by atoms with Crippen molar-refractivity contribution >= 4 is 12.1 Å². The van der Waals surface area contributed by atoms with Gasteiger partial charge in [0.15, 0.2) is 6.29 Å². The number of H-pyrrole nitrogens is 1. The van der Waals surface area contributed by atoms with Crippen molar-refractivity contribution in [2.45, 2.75) is 85.2 Å². The van der Waals surface area contributed by atoms with Crippen LogP contribution < -0.4 is 5.32 Å². The zero-order chi connectivity index (χ0) is 24.4. The Labute approximate surface area is 197 Å². The molecule has 5 atom stereocenters. The Morgan fingerprint density at radius 1 is 1.15 bits per heavy atom. The van der Waals surface area contributed by atoms with E-state index in [-0.39, 0.29) is 36.8 Å². The van der Waals surface area contributed by atoms with E-state index in [0.717, 1.165) is 12.1 Å². The summed E-state index contributed by atoms with van der Waals surface area (Å²) in [5.41, 5.74) is 0.493. The zero-order valence-electron chi connectivity index (χ0n) is 20.9. The van der Waals surface area contributed by atoms with Crippen LogP contribution in [0, 0.1) is 17.8 Å². The predicted molar refractivity (Wildman–Crippen MR) is 123 cm³/mol. The summed E-state index contributed by atoms with van der Waals surface area (Å²) in [7, 11) is 0. The highest BCUT2D eigenvalue weighted by molar-refractivity contribution is 5.69. The van der Waals surface area contributed by atoms with Crippen LogP contribution in [-0.4, -0.2) is 59.8 Å².